The van der Waals surface area contributed by atoms with Gasteiger partial charge in [0, 0.05) is 29.0 Å². The number of hydrogen-bond acceptors (Lipinski definition) is 2. The van der Waals surface area contributed by atoms with Crippen LogP contribution in [0, 0.1) is 11.8 Å². The third-order valence-electron chi connectivity index (χ3n) is 3.22. The molecule has 122 valence electrons. The van der Waals surface area contributed by atoms with E-state index in [4.69, 9.17) is 23.2 Å². The van der Waals surface area contributed by atoms with Gasteiger partial charge in [-0.15, -0.1) is 0 Å². The molecule has 1 amide bonds. The Bertz CT molecular complexity index is 789. The summed E-state index contributed by atoms with van der Waals surface area (Å²) in [6.45, 7) is 0.208. The first kappa shape index (κ1) is 18.1. The van der Waals surface area contributed by atoms with Crippen LogP contribution >= 0.6 is 23.2 Å². The fraction of sp³-hybridized carbons (Fsp3) is 0.158. The van der Waals surface area contributed by atoms with E-state index in [1.807, 2.05) is 18.2 Å². The van der Waals surface area contributed by atoms with Crippen molar-refractivity contribution in [3.05, 3.63) is 69.7 Å². The van der Waals surface area contributed by atoms with Crippen molar-refractivity contribution in [3.8, 4) is 11.8 Å². The lowest BCUT2D eigenvalue weighted by molar-refractivity contribution is -0.120. The van der Waals surface area contributed by atoms with E-state index < -0.39 is 0 Å². The molecule has 24 heavy (non-hydrogen) atoms. The van der Waals surface area contributed by atoms with Crippen LogP contribution in [0.5, 0.6) is 0 Å². The van der Waals surface area contributed by atoms with E-state index in [-0.39, 0.29) is 31.1 Å². The van der Waals surface area contributed by atoms with Crippen molar-refractivity contribution in [3.63, 3.8) is 0 Å². The summed E-state index contributed by atoms with van der Waals surface area (Å²) in [4.78, 5) is 23.7. The second-order valence-electron chi connectivity index (χ2n) is 4.99. The van der Waals surface area contributed by atoms with Gasteiger partial charge in [-0.2, -0.15) is 0 Å². The number of benzene rings is 2. The molecular weight excluding hydrogens is 345 g/mol. The molecule has 2 aromatic rings. The van der Waals surface area contributed by atoms with Gasteiger partial charge in [0.05, 0.1) is 11.6 Å². The van der Waals surface area contributed by atoms with Crippen molar-refractivity contribution >= 4 is 34.9 Å². The Kier molecular flexibility index (Phi) is 6.87. The molecule has 0 heterocycles. The molecule has 0 bridgehead atoms. The number of rotatable bonds is 5. The number of amides is 1. The molecule has 5 heteroatoms. The predicted octanol–water partition coefficient (Wildman–Crippen LogP) is 4.12. The van der Waals surface area contributed by atoms with Crippen LogP contribution < -0.4 is 5.32 Å². The molecule has 0 aliphatic carbocycles. The molecule has 0 aromatic heterocycles. The maximum atomic E-state index is 11.9. The molecule has 0 aliphatic heterocycles. The van der Waals surface area contributed by atoms with Crippen molar-refractivity contribution in [1.82, 2.24) is 5.32 Å². The maximum Gasteiger partial charge on any atom is 0.221 e. The predicted molar refractivity (Wildman–Crippen MR) is 96.4 cm³/mol. The molecule has 0 unspecified atom stereocenters. The van der Waals surface area contributed by atoms with Crippen LogP contribution in [0.3, 0.4) is 0 Å². The lowest BCUT2D eigenvalue weighted by Gasteiger charge is -2.02. The van der Waals surface area contributed by atoms with E-state index in [1.165, 1.54) is 0 Å². The van der Waals surface area contributed by atoms with Gasteiger partial charge in [0.25, 0.3) is 0 Å². The van der Waals surface area contributed by atoms with Gasteiger partial charge in [0.1, 0.15) is 0 Å². The standard InChI is InChI=1S/C19H15Cl2NO2/c20-16-9-7-15(8-10-16)18(23)11-12-19(24)22-13-3-5-14-4-1-2-6-17(14)21/h1-2,4,6-10H,11-13H2,(H,22,24). The zero-order valence-corrected chi connectivity index (χ0v) is 14.3. The van der Waals surface area contributed by atoms with E-state index in [9.17, 15) is 9.59 Å². The number of Topliss-reactive ketones (excluding diaryl/α,β-unsaturated/α-hetero) is 1. The SMILES string of the molecule is O=C(CCC(=O)c1ccc(Cl)cc1)NCC#Cc1ccccc1Cl. The number of nitrogens with one attached hydrogen (secondary N) is 1. The Morgan fingerprint density at radius 1 is 0.958 bits per heavy atom. The summed E-state index contributed by atoms with van der Waals surface area (Å²) in [5.41, 5.74) is 1.26. The molecule has 0 saturated carbocycles. The highest BCUT2D eigenvalue weighted by Crippen LogP contribution is 2.13. The summed E-state index contributed by atoms with van der Waals surface area (Å²) in [5.74, 6) is 5.41. The molecule has 0 saturated heterocycles. The molecule has 0 aliphatic rings. The maximum absolute atomic E-state index is 11.9. The van der Waals surface area contributed by atoms with Crippen LogP contribution in [0.15, 0.2) is 48.5 Å². The largest absolute Gasteiger partial charge is 0.345 e. The second-order valence-corrected chi connectivity index (χ2v) is 5.83. The van der Waals surface area contributed by atoms with Crippen molar-refractivity contribution in [2.45, 2.75) is 12.8 Å². The van der Waals surface area contributed by atoms with E-state index in [0.717, 1.165) is 0 Å². The van der Waals surface area contributed by atoms with Gasteiger partial charge in [-0.25, -0.2) is 0 Å². The first-order valence-electron chi connectivity index (χ1n) is 7.35. The third-order valence-corrected chi connectivity index (χ3v) is 3.80. The summed E-state index contributed by atoms with van der Waals surface area (Å²) >= 11 is 11.8. The average Bonchev–Trinajstić information content (AvgIpc) is 2.58. The normalized spacial score (nSPS) is 9.75. The fourth-order valence-corrected chi connectivity index (χ4v) is 2.25. The first-order chi connectivity index (χ1) is 11.6. The highest BCUT2D eigenvalue weighted by atomic mass is 35.5. The number of carbonyl (C=O) groups is 2. The highest BCUT2D eigenvalue weighted by molar-refractivity contribution is 6.31. The molecule has 1 N–H and O–H groups in total. The molecule has 2 aromatic carbocycles. The number of carbonyl (C=O) groups excluding carboxylic acids is 2. The monoisotopic (exact) mass is 359 g/mol. The fourth-order valence-electron chi connectivity index (χ4n) is 1.94. The van der Waals surface area contributed by atoms with Gasteiger partial charge in [-0.3, -0.25) is 9.59 Å². The van der Waals surface area contributed by atoms with Gasteiger partial charge in [-0.1, -0.05) is 47.2 Å². The molecular formula is C19H15Cl2NO2. The zero-order chi connectivity index (χ0) is 17.4. The van der Waals surface area contributed by atoms with Gasteiger partial charge < -0.3 is 5.32 Å². The lowest BCUT2D eigenvalue weighted by Crippen LogP contribution is -2.24. The smallest absolute Gasteiger partial charge is 0.221 e. The van der Waals surface area contributed by atoms with Crippen LogP contribution in [0.4, 0.5) is 0 Å². The summed E-state index contributed by atoms with van der Waals surface area (Å²) in [7, 11) is 0. The Balaban J connectivity index is 1.75. The van der Waals surface area contributed by atoms with E-state index >= 15 is 0 Å². The summed E-state index contributed by atoms with van der Waals surface area (Å²) in [6, 6.07) is 13.8. The minimum atomic E-state index is -0.217. The van der Waals surface area contributed by atoms with E-state index in [1.54, 1.807) is 30.3 Å². The molecule has 0 atom stereocenters. The third kappa shape index (κ3) is 5.73. The van der Waals surface area contributed by atoms with Crippen LogP contribution in [0.25, 0.3) is 0 Å². The average molecular weight is 360 g/mol. The lowest BCUT2D eigenvalue weighted by atomic mass is 10.1. The van der Waals surface area contributed by atoms with E-state index in [0.29, 0.717) is 21.2 Å². The van der Waals surface area contributed by atoms with Gasteiger partial charge in [-0.05, 0) is 36.4 Å². The molecule has 0 fully saturated rings. The highest BCUT2D eigenvalue weighted by Gasteiger charge is 2.08. The van der Waals surface area contributed by atoms with Crippen LogP contribution in [0.2, 0.25) is 10.0 Å². The Labute approximate surface area is 151 Å². The quantitative estimate of drug-likeness (QED) is 0.644. The van der Waals surface area contributed by atoms with Crippen molar-refractivity contribution in [1.29, 1.82) is 0 Å². The van der Waals surface area contributed by atoms with Gasteiger partial charge in [0.15, 0.2) is 5.78 Å². The topological polar surface area (TPSA) is 46.2 Å². The number of ketones is 1. The zero-order valence-electron chi connectivity index (χ0n) is 12.8. The Hall–Kier alpha value is -2.28. The molecule has 3 nitrogen and oxygen atoms in total. The Morgan fingerprint density at radius 2 is 1.67 bits per heavy atom. The van der Waals surface area contributed by atoms with Gasteiger partial charge >= 0.3 is 0 Å². The Morgan fingerprint density at radius 3 is 2.38 bits per heavy atom. The van der Waals surface area contributed by atoms with Crippen molar-refractivity contribution in [2.75, 3.05) is 6.54 Å². The number of hydrogen-bond donors (Lipinski definition) is 1. The van der Waals surface area contributed by atoms with Crippen molar-refractivity contribution < 1.29 is 9.59 Å². The summed E-state index contributed by atoms with van der Waals surface area (Å²) in [6.07, 6.45) is 0.265. The minimum absolute atomic E-state index is 0.0935. The number of halogens is 2. The summed E-state index contributed by atoms with van der Waals surface area (Å²) in [5, 5.41) is 3.80. The first-order valence-corrected chi connectivity index (χ1v) is 8.11. The summed E-state index contributed by atoms with van der Waals surface area (Å²) < 4.78 is 0. The van der Waals surface area contributed by atoms with E-state index in [2.05, 4.69) is 17.2 Å². The van der Waals surface area contributed by atoms with Crippen LogP contribution in [-0.4, -0.2) is 18.2 Å². The van der Waals surface area contributed by atoms with Gasteiger partial charge in [0.2, 0.25) is 5.91 Å². The molecule has 0 radical (unpaired) electrons. The molecule has 0 spiro atoms. The minimum Gasteiger partial charge on any atom is -0.345 e. The molecule has 2 rings (SSSR count). The second kappa shape index (κ2) is 9.12. The van der Waals surface area contributed by atoms with Crippen LogP contribution in [0.1, 0.15) is 28.8 Å². The van der Waals surface area contributed by atoms with Crippen molar-refractivity contribution in [2.24, 2.45) is 0 Å². The van der Waals surface area contributed by atoms with Crippen LogP contribution in [-0.2, 0) is 4.79 Å².